The Kier molecular flexibility index (Phi) is 6.48. The molecule has 3 heterocycles. The molecule has 0 aliphatic heterocycles. The van der Waals surface area contributed by atoms with Crippen molar-refractivity contribution in [3.05, 3.63) is 65.8 Å². The van der Waals surface area contributed by atoms with Crippen LogP contribution in [0.25, 0.3) is 16.9 Å². The maximum absolute atomic E-state index is 13.2. The van der Waals surface area contributed by atoms with Gasteiger partial charge in [-0.3, -0.25) is 4.40 Å². The molecule has 184 valence electrons. The largest absolute Gasteiger partial charge is 0.461 e. The first kappa shape index (κ1) is 24.2. The van der Waals surface area contributed by atoms with Crippen LogP contribution < -0.4 is 5.32 Å². The van der Waals surface area contributed by atoms with E-state index in [9.17, 15) is 23.1 Å². The Morgan fingerprint density at radius 1 is 1.17 bits per heavy atom. The summed E-state index contributed by atoms with van der Waals surface area (Å²) in [6, 6.07) is 12.4. The van der Waals surface area contributed by atoms with Crippen molar-refractivity contribution < 1.29 is 32.2 Å². The topological polar surface area (TPSA) is 115 Å². The van der Waals surface area contributed by atoms with Gasteiger partial charge < -0.3 is 19.6 Å². The molecule has 0 amide bonds. The number of pyridine rings is 1. The van der Waals surface area contributed by atoms with Crippen LogP contribution in [0.4, 0.5) is 19.2 Å². The fourth-order valence-corrected chi connectivity index (χ4v) is 3.52. The van der Waals surface area contributed by atoms with Crippen molar-refractivity contribution >= 4 is 17.6 Å². The van der Waals surface area contributed by atoms with E-state index in [1.54, 1.807) is 29.7 Å². The number of aromatic nitrogens is 4. The number of alkyl halides is 3. The van der Waals surface area contributed by atoms with Crippen LogP contribution in [0.2, 0.25) is 0 Å². The Morgan fingerprint density at radius 3 is 2.57 bits per heavy atom. The van der Waals surface area contributed by atoms with Crippen molar-refractivity contribution in [1.29, 1.82) is 0 Å². The average Bonchev–Trinajstić information content (AvgIpc) is 3.47. The van der Waals surface area contributed by atoms with Crippen LogP contribution in [0, 0.1) is 0 Å². The lowest BCUT2D eigenvalue weighted by atomic mass is 10.0. The van der Waals surface area contributed by atoms with Crippen LogP contribution >= 0.6 is 0 Å². The van der Waals surface area contributed by atoms with E-state index < -0.39 is 30.1 Å². The summed E-state index contributed by atoms with van der Waals surface area (Å²) >= 11 is 0. The molecule has 0 radical (unpaired) electrons. The first-order valence-corrected chi connectivity index (χ1v) is 10.8. The molecule has 0 saturated heterocycles. The van der Waals surface area contributed by atoms with Crippen LogP contribution in [0.1, 0.15) is 42.2 Å². The van der Waals surface area contributed by atoms with E-state index in [0.29, 0.717) is 16.9 Å². The van der Waals surface area contributed by atoms with Gasteiger partial charge in [-0.2, -0.15) is 13.2 Å². The molecule has 3 aromatic heterocycles. The van der Waals surface area contributed by atoms with Crippen molar-refractivity contribution in [2.75, 3.05) is 11.9 Å². The first-order valence-electron chi connectivity index (χ1n) is 10.8. The zero-order chi connectivity index (χ0) is 25.2. The van der Waals surface area contributed by atoms with Gasteiger partial charge in [0, 0.05) is 18.3 Å². The second-order valence-electron chi connectivity index (χ2n) is 7.64. The predicted octanol–water partition coefficient (Wildman–Crippen LogP) is 4.33. The third-order valence-corrected chi connectivity index (χ3v) is 5.41. The van der Waals surface area contributed by atoms with E-state index in [2.05, 4.69) is 20.5 Å². The Balaban J connectivity index is 1.61. The standard InChI is InChI=1S/C23H22F3N5O4/c1-3-22(33,23(24,25)26)20-29-30-21(35-20)27-13-14-10-11-31-16(12-14)28-17(19(32)34-4-2)18(31)15-8-6-5-7-9-15/h5-12,33H,3-4,13H2,1-2H3,(H,27,30). The molecule has 1 atom stereocenters. The normalized spacial score (nSPS) is 13.5. The molecule has 0 fully saturated rings. The SMILES string of the molecule is CCOC(=O)c1nc2cc(CNc3nnc(C(O)(CC)C(F)(F)F)o3)ccn2c1-c1ccccc1. The lowest BCUT2D eigenvalue weighted by Gasteiger charge is -2.25. The highest BCUT2D eigenvalue weighted by Gasteiger charge is 2.57. The first-order chi connectivity index (χ1) is 16.7. The number of carbonyl (C=O) groups is 1. The number of esters is 1. The van der Waals surface area contributed by atoms with Crippen molar-refractivity contribution in [2.24, 2.45) is 0 Å². The zero-order valence-corrected chi connectivity index (χ0v) is 18.8. The van der Waals surface area contributed by atoms with Crippen LogP contribution in [-0.2, 0) is 16.9 Å². The summed E-state index contributed by atoms with van der Waals surface area (Å²) < 4.78 is 51.6. The monoisotopic (exact) mass is 489 g/mol. The lowest BCUT2D eigenvalue weighted by molar-refractivity contribution is -0.275. The Bertz CT molecular complexity index is 1340. The quantitative estimate of drug-likeness (QED) is 0.352. The molecular weight excluding hydrogens is 467 g/mol. The Labute approximate surface area is 197 Å². The van der Waals surface area contributed by atoms with Gasteiger partial charge in [-0.05, 0) is 31.0 Å². The fourth-order valence-electron chi connectivity index (χ4n) is 3.52. The summed E-state index contributed by atoms with van der Waals surface area (Å²) in [5, 5.41) is 19.6. The number of halogens is 3. The number of rotatable bonds is 8. The molecular formula is C23H22F3N5O4. The highest BCUT2D eigenvalue weighted by Crippen LogP contribution is 2.41. The van der Waals surface area contributed by atoms with E-state index in [-0.39, 0.29) is 24.9 Å². The highest BCUT2D eigenvalue weighted by atomic mass is 19.4. The lowest BCUT2D eigenvalue weighted by Crippen LogP contribution is -2.42. The van der Waals surface area contributed by atoms with Gasteiger partial charge in [0.15, 0.2) is 5.69 Å². The molecule has 0 aliphatic rings. The second-order valence-corrected chi connectivity index (χ2v) is 7.64. The minimum absolute atomic E-state index is 0.108. The van der Waals surface area contributed by atoms with Crippen LogP contribution in [0.3, 0.4) is 0 Å². The number of nitrogens with zero attached hydrogens (tertiary/aromatic N) is 4. The van der Waals surface area contributed by atoms with Crippen molar-refractivity contribution in [3.63, 3.8) is 0 Å². The number of anilines is 1. The van der Waals surface area contributed by atoms with E-state index in [4.69, 9.17) is 9.15 Å². The number of benzene rings is 1. The van der Waals surface area contributed by atoms with Crippen molar-refractivity contribution in [3.8, 4) is 11.3 Å². The minimum Gasteiger partial charge on any atom is -0.461 e. The number of hydrogen-bond donors (Lipinski definition) is 2. The number of imidazole rings is 1. The molecule has 4 rings (SSSR count). The summed E-state index contributed by atoms with van der Waals surface area (Å²) in [6.45, 7) is 3.18. The molecule has 0 aliphatic carbocycles. The zero-order valence-electron chi connectivity index (χ0n) is 18.8. The molecule has 35 heavy (non-hydrogen) atoms. The van der Waals surface area contributed by atoms with Crippen molar-refractivity contribution in [1.82, 2.24) is 19.6 Å². The highest BCUT2D eigenvalue weighted by molar-refractivity contribution is 5.95. The number of nitrogens with one attached hydrogen (secondary N) is 1. The molecule has 1 unspecified atom stereocenters. The molecule has 9 nitrogen and oxygen atoms in total. The third-order valence-electron chi connectivity index (χ3n) is 5.41. The predicted molar refractivity (Wildman–Crippen MR) is 118 cm³/mol. The second kappa shape index (κ2) is 9.37. The van der Waals surface area contributed by atoms with E-state index >= 15 is 0 Å². The molecule has 0 saturated carbocycles. The van der Waals surface area contributed by atoms with E-state index in [1.165, 1.54) is 6.92 Å². The Hall–Kier alpha value is -3.93. The maximum atomic E-state index is 13.2. The molecule has 12 heteroatoms. The number of carbonyl (C=O) groups excluding carboxylic acids is 1. The van der Waals surface area contributed by atoms with Gasteiger partial charge in [0.2, 0.25) is 5.60 Å². The third kappa shape index (κ3) is 4.56. The van der Waals surface area contributed by atoms with Crippen LogP contribution in [-0.4, -0.2) is 43.4 Å². The summed E-state index contributed by atoms with van der Waals surface area (Å²) in [5.41, 5.74) is -0.567. The van der Waals surface area contributed by atoms with Gasteiger partial charge in [0.25, 0.3) is 5.89 Å². The van der Waals surface area contributed by atoms with E-state index in [1.807, 2.05) is 30.3 Å². The molecule has 0 spiro atoms. The summed E-state index contributed by atoms with van der Waals surface area (Å²) in [6.07, 6.45) is -3.92. The van der Waals surface area contributed by atoms with Crippen molar-refractivity contribution in [2.45, 2.75) is 38.6 Å². The van der Waals surface area contributed by atoms with Gasteiger partial charge in [-0.15, -0.1) is 5.10 Å². The molecule has 0 bridgehead atoms. The summed E-state index contributed by atoms with van der Waals surface area (Å²) in [4.78, 5) is 17.0. The number of aliphatic hydroxyl groups is 1. The van der Waals surface area contributed by atoms with Gasteiger partial charge in [0.1, 0.15) is 5.65 Å². The van der Waals surface area contributed by atoms with E-state index in [0.717, 1.165) is 5.56 Å². The van der Waals surface area contributed by atoms with Gasteiger partial charge in [-0.25, -0.2) is 9.78 Å². The fraction of sp³-hybridized carbons (Fsp3) is 0.304. The molecule has 1 aromatic carbocycles. The number of ether oxygens (including phenoxy) is 1. The maximum Gasteiger partial charge on any atom is 0.426 e. The summed E-state index contributed by atoms with van der Waals surface area (Å²) in [5.74, 6) is -1.49. The van der Waals surface area contributed by atoms with Crippen LogP contribution in [0.5, 0.6) is 0 Å². The van der Waals surface area contributed by atoms with Crippen LogP contribution in [0.15, 0.2) is 53.1 Å². The van der Waals surface area contributed by atoms with Gasteiger partial charge >= 0.3 is 18.2 Å². The number of hydrogen-bond acceptors (Lipinski definition) is 8. The molecule has 2 N–H and O–H groups in total. The summed E-state index contributed by atoms with van der Waals surface area (Å²) in [7, 11) is 0. The average molecular weight is 489 g/mol. The number of fused-ring (bicyclic) bond motifs is 1. The van der Waals surface area contributed by atoms with Gasteiger partial charge in [0.05, 0.1) is 12.3 Å². The van der Waals surface area contributed by atoms with Gasteiger partial charge in [-0.1, -0.05) is 42.4 Å². The molecule has 4 aromatic rings. The minimum atomic E-state index is -4.97. The Morgan fingerprint density at radius 2 is 1.91 bits per heavy atom. The smallest absolute Gasteiger partial charge is 0.426 e.